The van der Waals surface area contributed by atoms with E-state index in [0.29, 0.717) is 6.04 Å². The molecule has 0 bridgehead atoms. The first kappa shape index (κ1) is 15.0. The molecule has 5 heteroatoms. The number of pyridine rings is 1. The summed E-state index contributed by atoms with van der Waals surface area (Å²) in [5.74, 6) is 1.77. The number of methoxy groups -OCH3 is 1. The molecule has 0 spiro atoms. The van der Waals surface area contributed by atoms with Gasteiger partial charge in [-0.3, -0.25) is 5.10 Å². The zero-order valence-corrected chi connectivity index (χ0v) is 13.9. The predicted molar refractivity (Wildman–Crippen MR) is 96.4 cm³/mol. The van der Waals surface area contributed by atoms with E-state index in [1.807, 2.05) is 36.5 Å². The summed E-state index contributed by atoms with van der Waals surface area (Å²) in [4.78, 5) is 4.60. The summed E-state index contributed by atoms with van der Waals surface area (Å²) in [5.41, 5.74) is 3.00. The molecule has 1 aliphatic carbocycles. The molecule has 1 fully saturated rings. The van der Waals surface area contributed by atoms with Crippen LogP contribution in [-0.4, -0.2) is 28.3 Å². The highest BCUT2D eigenvalue weighted by Gasteiger charge is 2.18. The minimum Gasteiger partial charge on any atom is -0.497 e. The molecule has 1 aliphatic rings. The number of aromatic nitrogens is 3. The van der Waals surface area contributed by atoms with Crippen molar-refractivity contribution in [3.05, 3.63) is 36.5 Å². The standard InChI is InChI=1S/C19H22N4O/c1-24-15-9-7-13(8-10-15)18-17-16(22-23-18)11-12-20-19(17)21-14-5-3-2-4-6-14/h7-12,14H,2-6H2,1H3,(H,20,21)(H,22,23). The molecule has 4 rings (SSSR count). The van der Waals surface area contributed by atoms with E-state index < -0.39 is 0 Å². The topological polar surface area (TPSA) is 62.8 Å². The first-order valence-corrected chi connectivity index (χ1v) is 8.59. The fourth-order valence-electron chi connectivity index (χ4n) is 3.47. The predicted octanol–water partition coefficient (Wildman–Crippen LogP) is 4.38. The molecule has 0 atom stereocenters. The van der Waals surface area contributed by atoms with Crippen LogP contribution in [0.25, 0.3) is 22.2 Å². The minimum atomic E-state index is 0.510. The Morgan fingerprint density at radius 3 is 2.62 bits per heavy atom. The number of benzene rings is 1. The lowest BCUT2D eigenvalue weighted by molar-refractivity contribution is 0.415. The lowest BCUT2D eigenvalue weighted by atomic mass is 9.95. The highest BCUT2D eigenvalue weighted by atomic mass is 16.5. The molecule has 5 nitrogen and oxygen atoms in total. The monoisotopic (exact) mass is 322 g/mol. The van der Waals surface area contributed by atoms with Crippen molar-refractivity contribution >= 4 is 16.7 Å². The molecule has 1 aromatic carbocycles. The van der Waals surface area contributed by atoms with Gasteiger partial charge < -0.3 is 10.1 Å². The Kier molecular flexibility index (Phi) is 4.07. The Bertz CT molecular complexity index is 819. The van der Waals surface area contributed by atoms with E-state index in [0.717, 1.165) is 33.7 Å². The number of nitrogens with one attached hydrogen (secondary N) is 2. The van der Waals surface area contributed by atoms with Crippen LogP contribution in [0, 0.1) is 0 Å². The quantitative estimate of drug-likeness (QED) is 0.748. The number of rotatable bonds is 4. The number of fused-ring (bicyclic) bond motifs is 1. The molecule has 0 amide bonds. The third-order valence-electron chi connectivity index (χ3n) is 4.79. The number of ether oxygens (including phenoxy) is 1. The van der Waals surface area contributed by atoms with E-state index in [-0.39, 0.29) is 0 Å². The zero-order valence-electron chi connectivity index (χ0n) is 13.9. The Labute approximate surface area is 141 Å². The van der Waals surface area contributed by atoms with E-state index in [2.05, 4.69) is 20.5 Å². The van der Waals surface area contributed by atoms with Crippen LogP contribution in [0.3, 0.4) is 0 Å². The Morgan fingerprint density at radius 2 is 1.88 bits per heavy atom. The van der Waals surface area contributed by atoms with Crippen molar-refractivity contribution in [3.8, 4) is 17.0 Å². The third kappa shape index (κ3) is 2.82. The maximum atomic E-state index is 5.25. The van der Waals surface area contributed by atoms with Gasteiger partial charge in [0, 0.05) is 17.8 Å². The van der Waals surface area contributed by atoms with Gasteiger partial charge in [0.05, 0.1) is 18.0 Å². The lowest BCUT2D eigenvalue weighted by Crippen LogP contribution is -2.22. The number of nitrogens with zero attached hydrogens (tertiary/aromatic N) is 2. The van der Waals surface area contributed by atoms with E-state index >= 15 is 0 Å². The molecule has 124 valence electrons. The van der Waals surface area contributed by atoms with Crippen molar-refractivity contribution in [1.82, 2.24) is 15.2 Å². The third-order valence-corrected chi connectivity index (χ3v) is 4.79. The van der Waals surface area contributed by atoms with Crippen molar-refractivity contribution in [1.29, 1.82) is 0 Å². The van der Waals surface area contributed by atoms with E-state index in [1.54, 1.807) is 7.11 Å². The molecule has 2 N–H and O–H groups in total. The molecular formula is C19H22N4O. The molecular weight excluding hydrogens is 300 g/mol. The molecule has 0 aliphatic heterocycles. The van der Waals surface area contributed by atoms with Gasteiger partial charge in [0.2, 0.25) is 0 Å². The summed E-state index contributed by atoms with van der Waals surface area (Å²) in [6.45, 7) is 0. The smallest absolute Gasteiger partial charge is 0.137 e. The van der Waals surface area contributed by atoms with E-state index in [1.165, 1.54) is 32.1 Å². The summed E-state index contributed by atoms with van der Waals surface area (Å²) in [7, 11) is 1.68. The molecule has 2 heterocycles. The Balaban J connectivity index is 1.73. The second kappa shape index (κ2) is 6.51. The summed E-state index contributed by atoms with van der Waals surface area (Å²) in [5, 5.41) is 12.4. The number of aromatic amines is 1. The van der Waals surface area contributed by atoms with Gasteiger partial charge in [-0.2, -0.15) is 5.10 Å². The van der Waals surface area contributed by atoms with E-state index in [9.17, 15) is 0 Å². The first-order chi connectivity index (χ1) is 11.8. The zero-order chi connectivity index (χ0) is 16.4. The van der Waals surface area contributed by atoms with Crippen LogP contribution in [0.15, 0.2) is 36.5 Å². The second-order valence-electron chi connectivity index (χ2n) is 6.36. The molecule has 0 radical (unpaired) electrons. The fourth-order valence-corrected chi connectivity index (χ4v) is 3.47. The van der Waals surface area contributed by atoms with Gasteiger partial charge in [0.25, 0.3) is 0 Å². The van der Waals surface area contributed by atoms with Gasteiger partial charge >= 0.3 is 0 Å². The van der Waals surface area contributed by atoms with Crippen molar-refractivity contribution in [2.24, 2.45) is 0 Å². The average Bonchev–Trinajstić information content (AvgIpc) is 3.08. The van der Waals surface area contributed by atoms with Gasteiger partial charge in [-0.25, -0.2) is 4.98 Å². The fraction of sp³-hybridized carbons (Fsp3) is 0.368. The molecule has 2 aromatic heterocycles. The summed E-state index contributed by atoms with van der Waals surface area (Å²) >= 11 is 0. The Hall–Kier alpha value is -2.56. The van der Waals surface area contributed by atoms with Crippen molar-refractivity contribution in [2.45, 2.75) is 38.1 Å². The number of anilines is 1. The van der Waals surface area contributed by atoms with Crippen LogP contribution in [0.4, 0.5) is 5.82 Å². The summed E-state index contributed by atoms with van der Waals surface area (Å²) in [6.07, 6.45) is 8.21. The highest BCUT2D eigenvalue weighted by Crippen LogP contribution is 2.33. The van der Waals surface area contributed by atoms with Gasteiger partial charge in [-0.15, -0.1) is 0 Å². The van der Waals surface area contributed by atoms with Crippen molar-refractivity contribution in [3.63, 3.8) is 0 Å². The second-order valence-corrected chi connectivity index (χ2v) is 6.36. The van der Waals surface area contributed by atoms with Gasteiger partial charge in [0.15, 0.2) is 0 Å². The van der Waals surface area contributed by atoms with Crippen molar-refractivity contribution < 1.29 is 4.74 Å². The van der Waals surface area contributed by atoms with Crippen LogP contribution in [0.1, 0.15) is 32.1 Å². The van der Waals surface area contributed by atoms with Crippen LogP contribution in [0.5, 0.6) is 5.75 Å². The van der Waals surface area contributed by atoms with Crippen LogP contribution in [0.2, 0.25) is 0 Å². The Morgan fingerprint density at radius 1 is 1.08 bits per heavy atom. The van der Waals surface area contributed by atoms with E-state index in [4.69, 9.17) is 4.74 Å². The minimum absolute atomic E-state index is 0.510. The average molecular weight is 322 g/mol. The van der Waals surface area contributed by atoms with Gasteiger partial charge in [-0.1, -0.05) is 19.3 Å². The molecule has 1 saturated carbocycles. The van der Waals surface area contributed by atoms with Crippen LogP contribution in [-0.2, 0) is 0 Å². The largest absolute Gasteiger partial charge is 0.497 e. The number of H-pyrrole nitrogens is 1. The van der Waals surface area contributed by atoms with Gasteiger partial charge in [-0.05, 0) is 43.2 Å². The molecule has 24 heavy (non-hydrogen) atoms. The van der Waals surface area contributed by atoms with Gasteiger partial charge in [0.1, 0.15) is 17.3 Å². The molecule has 3 aromatic rings. The maximum Gasteiger partial charge on any atom is 0.137 e. The van der Waals surface area contributed by atoms with Crippen LogP contribution < -0.4 is 10.1 Å². The van der Waals surface area contributed by atoms with Crippen LogP contribution >= 0.6 is 0 Å². The number of hydrogen-bond acceptors (Lipinski definition) is 4. The summed E-state index contributed by atoms with van der Waals surface area (Å²) in [6, 6.07) is 10.5. The molecule has 0 saturated heterocycles. The highest BCUT2D eigenvalue weighted by molar-refractivity contribution is 6.00. The number of hydrogen-bond donors (Lipinski definition) is 2. The lowest BCUT2D eigenvalue weighted by Gasteiger charge is -2.23. The summed E-state index contributed by atoms with van der Waals surface area (Å²) < 4.78 is 5.25. The first-order valence-electron chi connectivity index (χ1n) is 8.59. The normalized spacial score (nSPS) is 15.5. The van der Waals surface area contributed by atoms with Crippen molar-refractivity contribution in [2.75, 3.05) is 12.4 Å². The molecule has 0 unspecified atom stereocenters. The SMILES string of the molecule is COc1ccc(-c2n[nH]c3ccnc(NC4CCCCC4)c23)cc1. The maximum absolute atomic E-state index is 5.25.